The van der Waals surface area contributed by atoms with E-state index in [1.807, 2.05) is 47.9 Å². The van der Waals surface area contributed by atoms with Crippen LogP contribution in [0, 0.1) is 23.7 Å². The Bertz CT molecular complexity index is 969. The lowest BCUT2D eigenvalue weighted by molar-refractivity contribution is -0.146. The summed E-state index contributed by atoms with van der Waals surface area (Å²) in [6.07, 6.45) is 4.97. The second-order valence-electron chi connectivity index (χ2n) is 7.62. The van der Waals surface area contributed by atoms with E-state index in [0.717, 1.165) is 17.7 Å². The number of likely N-dealkylation sites (tertiary alicyclic amines) is 1. The summed E-state index contributed by atoms with van der Waals surface area (Å²) in [6.45, 7) is 1.60. The molecule has 0 unspecified atom stereocenters. The van der Waals surface area contributed by atoms with Gasteiger partial charge in [-0.3, -0.25) is 19.3 Å². The van der Waals surface area contributed by atoms with E-state index in [9.17, 15) is 14.4 Å². The Hall–Kier alpha value is -2.80. The highest BCUT2D eigenvalue weighted by Crippen LogP contribution is 2.52. The lowest BCUT2D eigenvalue weighted by Gasteiger charge is -2.23. The number of imide groups is 1. The number of carbonyl (C=O) groups excluding carboxylic acids is 3. The second-order valence-corrected chi connectivity index (χ2v) is 8.47. The predicted octanol–water partition coefficient (Wildman–Crippen LogP) is 2.94. The van der Waals surface area contributed by atoms with E-state index < -0.39 is 11.9 Å². The van der Waals surface area contributed by atoms with Gasteiger partial charge in [-0.05, 0) is 25.2 Å². The molecule has 1 saturated carbocycles. The fourth-order valence-corrected chi connectivity index (χ4v) is 5.43. The van der Waals surface area contributed by atoms with Gasteiger partial charge in [0, 0.05) is 10.9 Å². The second kappa shape index (κ2) is 6.38. The van der Waals surface area contributed by atoms with Crippen LogP contribution in [0.3, 0.4) is 0 Å². The van der Waals surface area contributed by atoms with Crippen molar-refractivity contribution in [3.63, 3.8) is 0 Å². The van der Waals surface area contributed by atoms with Gasteiger partial charge in [0.1, 0.15) is 6.04 Å². The van der Waals surface area contributed by atoms with Crippen molar-refractivity contribution in [2.75, 3.05) is 5.32 Å². The smallest absolute Gasteiger partial charge is 0.249 e. The molecule has 2 aromatic rings. The van der Waals surface area contributed by atoms with Crippen molar-refractivity contribution in [3.05, 3.63) is 47.9 Å². The van der Waals surface area contributed by atoms with Crippen molar-refractivity contribution in [2.24, 2.45) is 23.7 Å². The minimum Gasteiger partial charge on any atom is -0.300 e. The molecular formula is C21H19N3O3S. The van der Waals surface area contributed by atoms with Crippen molar-refractivity contribution < 1.29 is 14.4 Å². The number of hydrogen-bond donors (Lipinski definition) is 1. The monoisotopic (exact) mass is 393 g/mol. The van der Waals surface area contributed by atoms with Crippen LogP contribution < -0.4 is 5.32 Å². The molecular weight excluding hydrogens is 374 g/mol. The first-order valence-corrected chi connectivity index (χ1v) is 10.3. The fraction of sp³-hybridized carbons (Fsp3) is 0.333. The minimum atomic E-state index is -0.853. The summed E-state index contributed by atoms with van der Waals surface area (Å²) in [5.41, 5.74) is 1.74. The zero-order valence-electron chi connectivity index (χ0n) is 15.2. The summed E-state index contributed by atoms with van der Waals surface area (Å²) in [6, 6.07) is 8.84. The number of benzene rings is 1. The summed E-state index contributed by atoms with van der Waals surface area (Å²) >= 11 is 1.32. The normalized spacial score (nSPS) is 28.7. The number of nitrogens with zero attached hydrogens (tertiary/aromatic N) is 2. The average molecular weight is 393 g/mol. The van der Waals surface area contributed by atoms with Crippen molar-refractivity contribution in [2.45, 2.75) is 19.4 Å². The maximum absolute atomic E-state index is 12.9. The zero-order chi connectivity index (χ0) is 19.4. The molecule has 0 radical (unpaired) electrons. The largest absolute Gasteiger partial charge is 0.300 e. The first-order chi connectivity index (χ1) is 13.5. The average Bonchev–Trinajstić information content (AvgIpc) is 3.47. The van der Waals surface area contributed by atoms with Crippen LogP contribution in [0.15, 0.2) is 47.9 Å². The van der Waals surface area contributed by atoms with Gasteiger partial charge in [0.25, 0.3) is 0 Å². The molecule has 3 aliphatic rings. The zero-order valence-corrected chi connectivity index (χ0v) is 16.1. The number of carbonyl (C=O) groups is 3. The van der Waals surface area contributed by atoms with Gasteiger partial charge in [0.2, 0.25) is 17.7 Å². The summed E-state index contributed by atoms with van der Waals surface area (Å²) < 4.78 is 0. The van der Waals surface area contributed by atoms with Gasteiger partial charge in [-0.25, -0.2) is 4.98 Å². The van der Waals surface area contributed by atoms with Gasteiger partial charge >= 0.3 is 0 Å². The Kier molecular flexibility index (Phi) is 3.94. The van der Waals surface area contributed by atoms with Crippen molar-refractivity contribution in [3.8, 4) is 11.3 Å². The van der Waals surface area contributed by atoms with Crippen LogP contribution in [-0.4, -0.2) is 33.6 Å². The third-order valence-corrected chi connectivity index (χ3v) is 6.83. The molecule has 2 bridgehead atoms. The highest BCUT2D eigenvalue weighted by Gasteiger charge is 2.60. The summed E-state index contributed by atoms with van der Waals surface area (Å²) in [4.78, 5) is 44.1. The topological polar surface area (TPSA) is 79.4 Å². The molecule has 1 saturated heterocycles. The van der Waals surface area contributed by atoms with Crippen LogP contribution in [0.2, 0.25) is 0 Å². The summed E-state index contributed by atoms with van der Waals surface area (Å²) in [5, 5.41) is 5.09. The maximum atomic E-state index is 12.9. The Balaban J connectivity index is 1.31. The molecule has 2 aliphatic carbocycles. The maximum Gasteiger partial charge on any atom is 0.249 e. The predicted molar refractivity (Wildman–Crippen MR) is 105 cm³/mol. The molecule has 5 rings (SSSR count). The molecule has 142 valence electrons. The number of hydrogen-bond acceptors (Lipinski definition) is 5. The van der Waals surface area contributed by atoms with E-state index in [2.05, 4.69) is 10.3 Å². The van der Waals surface area contributed by atoms with E-state index in [0.29, 0.717) is 5.13 Å². The Morgan fingerprint density at radius 2 is 1.79 bits per heavy atom. The number of anilines is 1. The molecule has 6 nitrogen and oxygen atoms in total. The molecule has 2 fully saturated rings. The molecule has 1 N–H and O–H groups in total. The molecule has 28 heavy (non-hydrogen) atoms. The van der Waals surface area contributed by atoms with Gasteiger partial charge in [-0.15, -0.1) is 11.3 Å². The van der Waals surface area contributed by atoms with Crippen LogP contribution in [0.1, 0.15) is 13.3 Å². The molecule has 2 heterocycles. The third-order valence-electron chi connectivity index (χ3n) is 6.08. The Morgan fingerprint density at radius 1 is 1.14 bits per heavy atom. The number of amides is 3. The van der Waals surface area contributed by atoms with Gasteiger partial charge < -0.3 is 5.32 Å². The van der Waals surface area contributed by atoms with Crippen molar-refractivity contribution in [1.82, 2.24) is 9.88 Å². The molecule has 5 atom stereocenters. The van der Waals surface area contributed by atoms with Gasteiger partial charge in [0.05, 0.1) is 17.5 Å². The standard InChI is InChI=1S/C21H19N3O3S/c1-11(24-19(26)16-13-7-8-14(9-13)17(16)20(24)27)18(25)23-21-22-15(10-28-21)12-5-3-2-4-6-12/h2-8,10-11,13-14,16-17H,9H2,1H3,(H,22,23,25)/t11-,13+,14+,16+,17+/m1/s1. The van der Waals surface area contributed by atoms with E-state index in [1.54, 1.807) is 6.92 Å². The number of nitrogens with one attached hydrogen (secondary N) is 1. The lowest BCUT2D eigenvalue weighted by Crippen LogP contribution is -2.46. The first-order valence-electron chi connectivity index (χ1n) is 9.41. The molecule has 1 aromatic carbocycles. The quantitative estimate of drug-likeness (QED) is 0.640. The Labute approximate surface area is 166 Å². The van der Waals surface area contributed by atoms with Crippen LogP contribution in [-0.2, 0) is 14.4 Å². The SMILES string of the molecule is C[C@H](C(=O)Nc1nc(-c2ccccc2)cs1)N1C(=O)[C@@H]2[C@@H](C1=O)[C@H]1C=C[C@H]2C1. The van der Waals surface area contributed by atoms with E-state index >= 15 is 0 Å². The molecule has 1 aromatic heterocycles. The Morgan fingerprint density at radius 3 is 2.43 bits per heavy atom. The number of thiazole rings is 1. The number of fused-ring (bicyclic) bond motifs is 5. The lowest BCUT2D eigenvalue weighted by atomic mass is 9.85. The van der Waals surface area contributed by atoms with Gasteiger partial charge in [-0.2, -0.15) is 0 Å². The van der Waals surface area contributed by atoms with Crippen LogP contribution in [0.5, 0.6) is 0 Å². The summed E-state index contributed by atoms with van der Waals surface area (Å²) in [5.74, 6) is -1.11. The van der Waals surface area contributed by atoms with E-state index in [1.165, 1.54) is 16.2 Å². The van der Waals surface area contributed by atoms with Crippen molar-refractivity contribution >= 4 is 34.2 Å². The number of aromatic nitrogens is 1. The first kappa shape index (κ1) is 17.3. The number of rotatable bonds is 4. The number of allylic oxidation sites excluding steroid dienone is 2. The van der Waals surface area contributed by atoms with Crippen LogP contribution >= 0.6 is 11.3 Å². The highest BCUT2D eigenvalue weighted by molar-refractivity contribution is 7.14. The molecule has 3 amide bonds. The van der Waals surface area contributed by atoms with Gasteiger partial charge in [-0.1, -0.05) is 42.5 Å². The van der Waals surface area contributed by atoms with Crippen LogP contribution in [0.25, 0.3) is 11.3 Å². The molecule has 1 aliphatic heterocycles. The van der Waals surface area contributed by atoms with E-state index in [-0.39, 0.29) is 35.5 Å². The molecule has 0 spiro atoms. The fourth-order valence-electron chi connectivity index (χ4n) is 4.71. The highest BCUT2D eigenvalue weighted by atomic mass is 32.1. The summed E-state index contributed by atoms with van der Waals surface area (Å²) in [7, 11) is 0. The van der Waals surface area contributed by atoms with E-state index in [4.69, 9.17) is 0 Å². The van der Waals surface area contributed by atoms with Gasteiger partial charge in [0.15, 0.2) is 5.13 Å². The van der Waals surface area contributed by atoms with Crippen molar-refractivity contribution in [1.29, 1.82) is 0 Å². The minimum absolute atomic E-state index is 0.138. The third kappa shape index (κ3) is 2.53. The molecule has 7 heteroatoms. The van der Waals surface area contributed by atoms with Crippen LogP contribution in [0.4, 0.5) is 5.13 Å².